The van der Waals surface area contributed by atoms with E-state index in [0.29, 0.717) is 30.2 Å². The van der Waals surface area contributed by atoms with Crippen molar-refractivity contribution in [2.24, 2.45) is 0 Å². The van der Waals surface area contributed by atoms with E-state index in [4.69, 9.17) is 14.5 Å². The van der Waals surface area contributed by atoms with Crippen LogP contribution in [0.1, 0.15) is 10.4 Å². The number of para-hydroxylation sites is 1. The maximum atomic E-state index is 13.0. The van der Waals surface area contributed by atoms with Gasteiger partial charge < -0.3 is 19.3 Å². The zero-order valence-electron chi connectivity index (χ0n) is 16.7. The van der Waals surface area contributed by atoms with Crippen LogP contribution in [0, 0.1) is 0 Å². The number of hydrogen-bond acceptors (Lipinski definition) is 7. The number of nitrogens with zero attached hydrogens (tertiary/aromatic N) is 3. The van der Waals surface area contributed by atoms with Gasteiger partial charge in [-0.3, -0.25) is 4.79 Å². The van der Waals surface area contributed by atoms with E-state index in [-0.39, 0.29) is 5.91 Å². The number of carbonyl (C=O) groups excluding carboxylic acids is 1. The molecule has 0 aliphatic carbocycles. The SMILES string of the molecule is COc1cc(OC)cc(C(=O)N2CCN(c3nc4c(SC)cccc4s3)CC2)c1. The minimum atomic E-state index is -0.00387. The Labute approximate surface area is 178 Å². The molecule has 0 spiro atoms. The second-order valence-electron chi connectivity index (χ2n) is 6.68. The summed E-state index contributed by atoms with van der Waals surface area (Å²) in [6.45, 7) is 2.84. The average molecular weight is 430 g/mol. The molecular weight excluding hydrogens is 406 g/mol. The number of rotatable bonds is 5. The number of thiazole rings is 1. The maximum absolute atomic E-state index is 13.0. The van der Waals surface area contributed by atoms with Gasteiger partial charge >= 0.3 is 0 Å². The van der Waals surface area contributed by atoms with Gasteiger partial charge in [-0.1, -0.05) is 17.4 Å². The topological polar surface area (TPSA) is 54.9 Å². The number of methoxy groups -OCH3 is 2. The largest absolute Gasteiger partial charge is 0.497 e. The van der Waals surface area contributed by atoms with Gasteiger partial charge in [0.2, 0.25) is 0 Å². The molecule has 29 heavy (non-hydrogen) atoms. The van der Waals surface area contributed by atoms with Gasteiger partial charge in [-0.2, -0.15) is 0 Å². The summed E-state index contributed by atoms with van der Waals surface area (Å²) < 4.78 is 11.8. The van der Waals surface area contributed by atoms with Crippen LogP contribution in [0.3, 0.4) is 0 Å². The van der Waals surface area contributed by atoms with Crippen molar-refractivity contribution in [3.63, 3.8) is 0 Å². The van der Waals surface area contributed by atoms with Crippen LogP contribution in [0.4, 0.5) is 5.13 Å². The smallest absolute Gasteiger partial charge is 0.254 e. The molecule has 0 radical (unpaired) electrons. The van der Waals surface area contributed by atoms with Crippen molar-refractivity contribution in [1.82, 2.24) is 9.88 Å². The minimum Gasteiger partial charge on any atom is -0.497 e. The van der Waals surface area contributed by atoms with Crippen LogP contribution in [-0.2, 0) is 0 Å². The van der Waals surface area contributed by atoms with Crippen molar-refractivity contribution in [2.75, 3.05) is 51.6 Å². The minimum absolute atomic E-state index is 0.00387. The zero-order valence-corrected chi connectivity index (χ0v) is 18.3. The third kappa shape index (κ3) is 4.00. The Kier molecular flexibility index (Phi) is 5.82. The Morgan fingerprint density at radius 3 is 2.38 bits per heavy atom. The third-order valence-corrected chi connectivity index (χ3v) is 6.88. The molecule has 1 amide bonds. The number of piperazine rings is 1. The summed E-state index contributed by atoms with van der Waals surface area (Å²) in [6, 6.07) is 11.6. The molecule has 1 saturated heterocycles. The number of fused-ring (bicyclic) bond motifs is 1. The van der Waals surface area contributed by atoms with Crippen LogP contribution in [0.25, 0.3) is 10.2 Å². The average Bonchev–Trinajstić information content (AvgIpc) is 3.22. The van der Waals surface area contributed by atoms with Gasteiger partial charge in [0, 0.05) is 42.7 Å². The molecule has 2 aromatic carbocycles. The Morgan fingerprint density at radius 1 is 1.07 bits per heavy atom. The first kappa shape index (κ1) is 19.8. The van der Waals surface area contributed by atoms with Crippen molar-refractivity contribution in [1.29, 1.82) is 0 Å². The molecule has 2 heterocycles. The van der Waals surface area contributed by atoms with E-state index in [1.54, 1.807) is 55.5 Å². The first-order valence-corrected chi connectivity index (χ1v) is 11.4. The van der Waals surface area contributed by atoms with Crippen molar-refractivity contribution >= 4 is 44.4 Å². The summed E-state index contributed by atoms with van der Waals surface area (Å²) in [5.74, 6) is 1.23. The van der Waals surface area contributed by atoms with Crippen molar-refractivity contribution < 1.29 is 14.3 Å². The number of thioether (sulfide) groups is 1. The van der Waals surface area contributed by atoms with Gasteiger partial charge in [-0.15, -0.1) is 11.8 Å². The quantitative estimate of drug-likeness (QED) is 0.572. The Morgan fingerprint density at radius 2 is 1.76 bits per heavy atom. The molecule has 1 aliphatic rings. The monoisotopic (exact) mass is 429 g/mol. The highest BCUT2D eigenvalue weighted by Gasteiger charge is 2.25. The molecule has 0 bridgehead atoms. The zero-order chi connectivity index (χ0) is 20.4. The van der Waals surface area contributed by atoms with Gasteiger partial charge in [0.1, 0.15) is 11.5 Å². The summed E-state index contributed by atoms with van der Waals surface area (Å²) in [4.78, 5) is 23.2. The van der Waals surface area contributed by atoms with E-state index in [9.17, 15) is 4.79 Å². The number of amides is 1. The van der Waals surface area contributed by atoms with Gasteiger partial charge in [0.25, 0.3) is 5.91 Å². The molecule has 8 heteroatoms. The Bertz CT molecular complexity index is 1010. The summed E-state index contributed by atoms with van der Waals surface area (Å²) in [7, 11) is 3.17. The molecule has 0 unspecified atom stereocenters. The fourth-order valence-corrected chi connectivity index (χ4v) is 5.10. The first-order valence-electron chi connectivity index (χ1n) is 9.33. The van der Waals surface area contributed by atoms with Crippen molar-refractivity contribution in [3.8, 4) is 11.5 Å². The van der Waals surface area contributed by atoms with Gasteiger partial charge in [0.15, 0.2) is 5.13 Å². The predicted molar refractivity (Wildman–Crippen MR) is 119 cm³/mol. The number of hydrogen-bond donors (Lipinski definition) is 0. The van der Waals surface area contributed by atoms with E-state index >= 15 is 0 Å². The molecule has 1 fully saturated rings. The highest BCUT2D eigenvalue weighted by molar-refractivity contribution is 7.98. The second kappa shape index (κ2) is 8.51. The van der Waals surface area contributed by atoms with Crippen LogP contribution in [0.2, 0.25) is 0 Å². The lowest BCUT2D eigenvalue weighted by atomic mass is 10.1. The first-order chi connectivity index (χ1) is 14.1. The van der Waals surface area contributed by atoms with Gasteiger partial charge in [-0.25, -0.2) is 4.98 Å². The fraction of sp³-hybridized carbons (Fsp3) is 0.333. The van der Waals surface area contributed by atoms with Crippen LogP contribution >= 0.6 is 23.1 Å². The third-order valence-electron chi connectivity index (χ3n) is 5.03. The van der Waals surface area contributed by atoms with E-state index in [0.717, 1.165) is 23.7 Å². The van der Waals surface area contributed by atoms with Crippen LogP contribution in [-0.4, -0.2) is 62.4 Å². The van der Waals surface area contributed by atoms with Crippen molar-refractivity contribution in [3.05, 3.63) is 42.0 Å². The lowest BCUT2D eigenvalue weighted by molar-refractivity contribution is 0.0746. The van der Waals surface area contributed by atoms with Crippen LogP contribution in [0.15, 0.2) is 41.3 Å². The Hall–Kier alpha value is -2.45. The number of aromatic nitrogens is 1. The molecule has 4 rings (SSSR count). The number of anilines is 1. The molecule has 0 saturated carbocycles. The molecule has 3 aromatic rings. The molecule has 0 atom stereocenters. The number of ether oxygens (including phenoxy) is 2. The summed E-state index contributed by atoms with van der Waals surface area (Å²) >= 11 is 3.43. The molecule has 1 aromatic heterocycles. The predicted octanol–water partition coefficient (Wildman–Crippen LogP) is 4.00. The van der Waals surface area contributed by atoms with Crippen LogP contribution < -0.4 is 14.4 Å². The molecule has 152 valence electrons. The number of carbonyl (C=O) groups is 1. The standard InChI is InChI=1S/C21H23N3O3S2/c1-26-15-11-14(12-16(13-15)27-2)20(25)23-7-9-24(10-8-23)21-22-19-17(28-3)5-4-6-18(19)29-21/h4-6,11-13H,7-10H2,1-3H3. The normalized spacial score (nSPS) is 14.3. The van der Waals surface area contributed by atoms with E-state index in [1.165, 1.54) is 9.60 Å². The fourth-order valence-electron chi connectivity index (χ4n) is 3.43. The molecular formula is C21H23N3O3S2. The van der Waals surface area contributed by atoms with E-state index in [2.05, 4.69) is 29.4 Å². The lowest BCUT2D eigenvalue weighted by Gasteiger charge is -2.34. The van der Waals surface area contributed by atoms with Gasteiger partial charge in [0.05, 0.1) is 24.4 Å². The number of benzene rings is 2. The van der Waals surface area contributed by atoms with Crippen LogP contribution in [0.5, 0.6) is 11.5 Å². The lowest BCUT2D eigenvalue weighted by Crippen LogP contribution is -2.48. The summed E-state index contributed by atoms with van der Waals surface area (Å²) in [6.07, 6.45) is 2.08. The van der Waals surface area contributed by atoms with E-state index < -0.39 is 0 Å². The molecule has 0 N–H and O–H groups in total. The van der Waals surface area contributed by atoms with Gasteiger partial charge in [-0.05, 0) is 30.5 Å². The summed E-state index contributed by atoms with van der Waals surface area (Å²) in [5.41, 5.74) is 1.65. The Balaban J connectivity index is 1.48. The molecule has 1 aliphatic heterocycles. The highest BCUT2D eigenvalue weighted by atomic mass is 32.2. The highest BCUT2D eigenvalue weighted by Crippen LogP contribution is 2.34. The summed E-state index contributed by atoms with van der Waals surface area (Å²) in [5, 5.41) is 1.02. The molecule has 6 nitrogen and oxygen atoms in total. The second-order valence-corrected chi connectivity index (χ2v) is 8.54. The maximum Gasteiger partial charge on any atom is 0.254 e. The van der Waals surface area contributed by atoms with E-state index in [1.807, 2.05) is 4.90 Å². The van der Waals surface area contributed by atoms with Crippen molar-refractivity contribution in [2.45, 2.75) is 4.90 Å².